The lowest BCUT2D eigenvalue weighted by Gasteiger charge is -2.59. The molecule has 5 aliphatic rings. The molecule has 1 atom stereocenters. The molecule has 5 rings (SSSR count). The third-order valence-electron chi connectivity index (χ3n) is 7.86. The van der Waals surface area contributed by atoms with Crippen LogP contribution in [0.3, 0.4) is 0 Å². The molecule has 0 aromatic rings. The molecular weight excluding hydrogens is 364 g/mol. The lowest BCUT2D eigenvalue weighted by molar-refractivity contribution is -0.122. The van der Waals surface area contributed by atoms with E-state index in [1.165, 1.54) is 38.5 Å². The molecule has 0 spiro atoms. The van der Waals surface area contributed by atoms with Crippen LogP contribution in [-0.2, 0) is 9.53 Å². The molecule has 29 heavy (non-hydrogen) atoms. The van der Waals surface area contributed by atoms with Crippen molar-refractivity contribution < 1.29 is 9.53 Å². The van der Waals surface area contributed by atoms with Crippen LogP contribution in [-0.4, -0.2) is 56.2 Å². The number of nitriles is 1. The first-order valence-electron chi connectivity index (χ1n) is 11.5. The van der Waals surface area contributed by atoms with E-state index in [0.29, 0.717) is 0 Å². The van der Waals surface area contributed by atoms with Gasteiger partial charge in [0, 0.05) is 31.9 Å². The summed E-state index contributed by atoms with van der Waals surface area (Å²) in [6.07, 6.45) is 10.6. The maximum Gasteiger partial charge on any atom is 0.263 e. The highest BCUT2D eigenvalue weighted by molar-refractivity contribution is 5.97. The van der Waals surface area contributed by atoms with Crippen LogP contribution in [0.25, 0.3) is 0 Å². The van der Waals surface area contributed by atoms with E-state index < -0.39 is 0 Å². The molecule has 4 bridgehead atoms. The normalized spacial score (nSPS) is 35.2. The van der Waals surface area contributed by atoms with Crippen LogP contribution < -0.4 is 10.6 Å². The smallest absolute Gasteiger partial charge is 0.263 e. The van der Waals surface area contributed by atoms with Gasteiger partial charge in [0.2, 0.25) is 0 Å². The molecule has 1 heterocycles. The monoisotopic (exact) mass is 400 g/mol. The van der Waals surface area contributed by atoms with E-state index in [9.17, 15) is 10.1 Å². The summed E-state index contributed by atoms with van der Waals surface area (Å²) in [6, 6.07) is 2.22. The molecule has 4 aliphatic carbocycles. The Hall–Kier alpha value is -1.58. The Morgan fingerprint density at radius 2 is 1.83 bits per heavy atom. The van der Waals surface area contributed by atoms with Crippen LogP contribution in [0.15, 0.2) is 11.8 Å². The third-order valence-corrected chi connectivity index (χ3v) is 7.86. The van der Waals surface area contributed by atoms with Crippen LogP contribution in [0.4, 0.5) is 0 Å². The van der Waals surface area contributed by atoms with Gasteiger partial charge in [-0.3, -0.25) is 9.69 Å². The van der Waals surface area contributed by atoms with E-state index in [4.69, 9.17) is 4.74 Å². The van der Waals surface area contributed by atoms with E-state index in [0.717, 1.165) is 63.6 Å². The molecule has 0 aromatic heterocycles. The fourth-order valence-electron chi connectivity index (χ4n) is 6.69. The van der Waals surface area contributed by atoms with Crippen LogP contribution in [0.1, 0.15) is 51.9 Å². The second-order valence-corrected chi connectivity index (χ2v) is 9.91. The second kappa shape index (κ2) is 9.06. The summed E-state index contributed by atoms with van der Waals surface area (Å²) < 4.78 is 5.36. The molecule has 1 unspecified atom stereocenters. The highest BCUT2D eigenvalue weighted by atomic mass is 16.5. The molecule has 160 valence electrons. The molecule has 6 nitrogen and oxygen atoms in total. The minimum absolute atomic E-state index is 0.140. The average Bonchev–Trinajstić information content (AvgIpc) is 2.70. The number of carbonyl (C=O) groups excluding carboxylic acids is 1. The highest BCUT2D eigenvalue weighted by Crippen LogP contribution is 2.61. The van der Waals surface area contributed by atoms with Gasteiger partial charge in [0.25, 0.3) is 5.91 Å². The van der Waals surface area contributed by atoms with E-state index in [1.807, 2.05) is 0 Å². The molecule has 0 aromatic carbocycles. The zero-order chi connectivity index (χ0) is 20.3. The van der Waals surface area contributed by atoms with E-state index in [-0.39, 0.29) is 22.9 Å². The van der Waals surface area contributed by atoms with E-state index >= 15 is 0 Å². The quantitative estimate of drug-likeness (QED) is 0.372. The first kappa shape index (κ1) is 20.7. The largest absolute Gasteiger partial charge is 0.390 e. The fourth-order valence-corrected chi connectivity index (χ4v) is 6.69. The molecule has 2 N–H and O–H groups in total. The van der Waals surface area contributed by atoms with Gasteiger partial charge in [-0.15, -0.1) is 0 Å². The Kier molecular flexibility index (Phi) is 6.46. The Bertz CT molecular complexity index is 627. The number of morpholine rings is 1. The van der Waals surface area contributed by atoms with Crippen LogP contribution >= 0.6 is 0 Å². The standard InChI is InChI=1S/C23H36N4O2/c1-17(23-12-18-9-19(13-23)11-20(10-18)14-23)26-22(28)21(15-24)16-25-3-2-4-27-5-7-29-8-6-27/h16-20,25H,2-14H2,1H3,(H,26,28)/b21-16-. The van der Waals surface area contributed by atoms with Crippen molar-refractivity contribution in [2.75, 3.05) is 39.4 Å². The van der Waals surface area contributed by atoms with Gasteiger partial charge in [0.05, 0.1) is 13.2 Å². The van der Waals surface area contributed by atoms with Gasteiger partial charge < -0.3 is 15.4 Å². The van der Waals surface area contributed by atoms with Gasteiger partial charge in [-0.2, -0.15) is 5.26 Å². The first-order valence-corrected chi connectivity index (χ1v) is 11.5. The lowest BCUT2D eigenvalue weighted by Crippen LogP contribution is -2.56. The highest BCUT2D eigenvalue weighted by Gasteiger charge is 2.53. The molecule has 6 heteroatoms. The summed E-state index contributed by atoms with van der Waals surface area (Å²) in [5.74, 6) is 2.36. The first-order chi connectivity index (χ1) is 14.1. The Morgan fingerprint density at radius 1 is 1.21 bits per heavy atom. The molecule has 1 amide bonds. The predicted molar refractivity (Wildman–Crippen MR) is 112 cm³/mol. The third kappa shape index (κ3) is 4.78. The number of hydrogen-bond acceptors (Lipinski definition) is 5. The summed E-state index contributed by atoms with van der Waals surface area (Å²) in [5, 5.41) is 15.8. The van der Waals surface area contributed by atoms with Gasteiger partial charge in [-0.1, -0.05) is 0 Å². The molecular formula is C23H36N4O2. The maximum atomic E-state index is 12.7. The summed E-state index contributed by atoms with van der Waals surface area (Å²) in [4.78, 5) is 15.1. The van der Waals surface area contributed by atoms with Gasteiger partial charge in [0.1, 0.15) is 11.6 Å². The number of amides is 1. The molecule has 1 aliphatic heterocycles. The SMILES string of the molecule is CC(NC(=O)/C(C#N)=C\NCCCN1CCOCC1)C12CC3CC(CC(C3)C1)C2. The predicted octanol–water partition coefficient (Wildman–Crippen LogP) is 2.43. The summed E-state index contributed by atoms with van der Waals surface area (Å²) >= 11 is 0. The van der Waals surface area contributed by atoms with Crippen molar-refractivity contribution in [3.63, 3.8) is 0 Å². The number of rotatable bonds is 8. The van der Waals surface area contributed by atoms with Crippen molar-refractivity contribution in [3.05, 3.63) is 11.8 Å². The van der Waals surface area contributed by atoms with E-state index in [2.05, 4.69) is 28.5 Å². The number of nitrogens with one attached hydrogen (secondary N) is 2. The molecule has 5 fully saturated rings. The number of carbonyl (C=O) groups is 1. The minimum Gasteiger partial charge on any atom is -0.390 e. The van der Waals surface area contributed by atoms with E-state index in [1.54, 1.807) is 6.20 Å². The summed E-state index contributed by atoms with van der Waals surface area (Å²) in [5.41, 5.74) is 0.448. The van der Waals surface area contributed by atoms with Crippen molar-refractivity contribution in [1.82, 2.24) is 15.5 Å². The van der Waals surface area contributed by atoms with Crippen molar-refractivity contribution in [2.45, 2.75) is 57.9 Å². The Labute approximate surface area is 175 Å². The topological polar surface area (TPSA) is 77.4 Å². The molecule has 4 saturated carbocycles. The molecule has 1 saturated heterocycles. The van der Waals surface area contributed by atoms with Gasteiger partial charge >= 0.3 is 0 Å². The van der Waals surface area contributed by atoms with Crippen LogP contribution in [0.5, 0.6) is 0 Å². The number of nitrogens with zero attached hydrogens (tertiary/aromatic N) is 2. The van der Waals surface area contributed by atoms with Crippen LogP contribution in [0.2, 0.25) is 0 Å². The zero-order valence-corrected chi connectivity index (χ0v) is 17.8. The Morgan fingerprint density at radius 3 is 2.41 bits per heavy atom. The second-order valence-electron chi connectivity index (χ2n) is 9.91. The van der Waals surface area contributed by atoms with Crippen molar-refractivity contribution in [1.29, 1.82) is 5.26 Å². The summed E-state index contributed by atoms with van der Waals surface area (Å²) in [7, 11) is 0. The van der Waals surface area contributed by atoms with Crippen molar-refractivity contribution in [2.24, 2.45) is 23.2 Å². The summed E-state index contributed by atoms with van der Waals surface area (Å²) in [6.45, 7) is 7.55. The van der Waals surface area contributed by atoms with Gasteiger partial charge in [-0.25, -0.2) is 0 Å². The molecule has 0 radical (unpaired) electrons. The fraction of sp³-hybridized carbons (Fsp3) is 0.826. The maximum absolute atomic E-state index is 12.7. The minimum atomic E-state index is -0.226. The van der Waals surface area contributed by atoms with Gasteiger partial charge in [0.15, 0.2) is 0 Å². The lowest BCUT2D eigenvalue weighted by atomic mass is 9.48. The number of ether oxygens (including phenoxy) is 1. The number of hydrogen-bond donors (Lipinski definition) is 2. The van der Waals surface area contributed by atoms with Crippen molar-refractivity contribution in [3.8, 4) is 6.07 Å². The Balaban J connectivity index is 1.24. The average molecular weight is 401 g/mol. The van der Waals surface area contributed by atoms with Crippen molar-refractivity contribution >= 4 is 5.91 Å². The van der Waals surface area contributed by atoms with Crippen LogP contribution in [0, 0.1) is 34.5 Å². The zero-order valence-electron chi connectivity index (χ0n) is 17.8. The van der Waals surface area contributed by atoms with Gasteiger partial charge in [-0.05, 0) is 81.6 Å².